The molecule has 0 unspecified atom stereocenters. The largest absolute Gasteiger partial charge is 0.481 e. The fraction of sp³-hybridized carbons (Fsp3) is 0.222. The molecule has 0 atom stereocenters. The molecule has 0 fully saturated rings. The Morgan fingerprint density at radius 2 is 1.47 bits per heavy atom. The van der Waals surface area contributed by atoms with Crippen LogP contribution in [0.25, 0.3) is 0 Å². The van der Waals surface area contributed by atoms with E-state index in [4.69, 9.17) is 21.4 Å². The zero-order chi connectivity index (χ0) is 25.1. The van der Waals surface area contributed by atoms with Crippen molar-refractivity contribution in [3.05, 3.63) is 56.7 Å². The van der Waals surface area contributed by atoms with Gasteiger partial charge in [0.1, 0.15) is 5.52 Å². The Hall–Kier alpha value is -2.23. The Bertz CT molecular complexity index is 910. The summed E-state index contributed by atoms with van der Waals surface area (Å²) in [6.45, 7) is 0.384. The number of ether oxygens (including phenoxy) is 1. The minimum atomic E-state index is -4.56. The van der Waals surface area contributed by atoms with E-state index in [2.05, 4.69) is 20.7 Å². The van der Waals surface area contributed by atoms with E-state index in [1.165, 1.54) is 18.2 Å². The predicted molar refractivity (Wildman–Crippen MR) is 117 cm³/mol. The molecule has 2 aromatic rings. The molecule has 14 heteroatoms. The summed E-state index contributed by atoms with van der Waals surface area (Å²) in [5.41, 5.74) is 8.25. The third-order valence-electron chi connectivity index (χ3n) is 3.23. The molecule has 6 nitrogen and oxygen atoms in total. The number of nitrogen functional groups attached to an aromatic ring is 2. The van der Waals surface area contributed by atoms with Gasteiger partial charge in [-0.05, 0) is 74.4 Å². The smallest absolute Gasteiger partial charge is 0.418 e. The van der Waals surface area contributed by atoms with Crippen molar-refractivity contribution < 1.29 is 45.8 Å². The van der Waals surface area contributed by atoms with Gasteiger partial charge in [-0.1, -0.05) is 6.07 Å². The highest BCUT2D eigenvalue weighted by Crippen LogP contribution is 2.35. The number of aliphatic carboxylic acids is 1. The predicted octanol–water partition coefficient (Wildman–Crippen LogP) is 5.32. The van der Waals surface area contributed by atoms with E-state index < -0.39 is 41.6 Å². The molecule has 178 valence electrons. The quantitative estimate of drug-likeness (QED) is 0.137. The molecule has 32 heavy (non-hydrogen) atoms. The van der Waals surface area contributed by atoms with Gasteiger partial charge in [-0.3, -0.25) is 9.59 Å². The van der Waals surface area contributed by atoms with Crippen LogP contribution in [0.3, 0.4) is 0 Å². The third-order valence-corrected chi connectivity index (χ3v) is 4.17. The van der Waals surface area contributed by atoms with E-state index in [0.717, 1.165) is 18.2 Å². The van der Waals surface area contributed by atoms with Crippen molar-refractivity contribution >= 4 is 62.3 Å². The summed E-state index contributed by atoms with van der Waals surface area (Å²) < 4.78 is 78.0. The third kappa shape index (κ3) is 11.4. The first kappa shape index (κ1) is 29.8. The fourth-order valence-electron chi connectivity index (χ4n) is 1.93. The van der Waals surface area contributed by atoms with Crippen LogP contribution >= 0.6 is 38.5 Å². The number of hydrogen-bond acceptors (Lipinski definition) is 5. The summed E-state index contributed by atoms with van der Waals surface area (Å²) in [6, 6.07) is 6.88. The van der Waals surface area contributed by atoms with Gasteiger partial charge in [-0.25, -0.2) is 0 Å². The number of halogens is 8. The van der Waals surface area contributed by atoms with Gasteiger partial charge in [-0.2, -0.15) is 26.3 Å². The van der Waals surface area contributed by atoms with Crippen LogP contribution in [0.4, 0.5) is 37.7 Å². The number of carbonyl (C=O) groups excluding carboxylic acids is 1. The maximum absolute atomic E-state index is 12.3. The highest BCUT2D eigenvalue weighted by molar-refractivity contribution is 14.1. The van der Waals surface area contributed by atoms with Crippen molar-refractivity contribution in [2.75, 3.05) is 17.0 Å². The molecule has 0 aliphatic rings. The van der Waals surface area contributed by atoms with E-state index in [-0.39, 0.29) is 16.8 Å². The van der Waals surface area contributed by atoms with Crippen molar-refractivity contribution in [2.24, 2.45) is 0 Å². The molecule has 0 aliphatic heterocycles. The van der Waals surface area contributed by atoms with Crippen LogP contribution in [0.5, 0.6) is 0 Å². The number of hydrogen-bond donors (Lipinski definition) is 3. The van der Waals surface area contributed by atoms with Gasteiger partial charge in [0.2, 0.25) is 0 Å². The van der Waals surface area contributed by atoms with Gasteiger partial charge in [0, 0.05) is 14.9 Å². The molecule has 0 aliphatic carbocycles. The Morgan fingerprint density at radius 1 is 1.00 bits per heavy atom. The topological polar surface area (TPSA) is 116 Å². The second-order valence-electron chi connectivity index (χ2n) is 5.59. The number of carbonyl (C=O) groups is 2. The van der Waals surface area contributed by atoms with Crippen molar-refractivity contribution in [1.82, 2.24) is 0 Å². The molecule has 0 amide bonds. The van der Waals surface area contributed by atoms with Gasteiger partial charge in [0.05, 0.1) is 17.5 Å². The van der Waals surface area contributed by atoms with Crippen LogP contribution in [-0.2, 0) is 33.1 Å². The van der Waals surface area contributed by atoms with Gasteiger partial charge in [0.15, 0.2) is 0 Å². The molecule has 0 heterocycles. The molecular formula is C18H16BrF6IN2O4. The fourth-order valence-corrected chi connectivity index (χ4v) is 2.53. The molecular weight excluding hydrogens is 629 g/mol. The zero-order valence-electron chi connectivity index (χ0n) is 15.8. The SMILES string of the molecule is Nc1ccc(CC(=O)O)cc1C(F)(F)F.Nc1ccc(I)cc1C(F)(F)F.O=COCBr. The lowest BCUT2D eigenvalue weighted by Gasteiger charge is -2.10. The maximum Gasteiger partial charge on any atom is 0.418 e. The Balaban J connectivity index is 0.000000505. The molecule has 0 saturated carbocycles. The second kappa shape index (κ2) is 13.3. The van der Waals surface area contributed by atoms with E-state index in [9.17, 15) is 31.1 Å². The van der Waals surface area contributed by atoms with Crippen molar-refractivity contribution in [3.8, 4) is 0 Å². The molecule has 0 aromatic heterocycles. The number of rotatable bonds is 4. The first-order valence-corrected chi connectivity index (χ1v) is 10.2. The second-order valence-corrected chi connectivity index (χ2v) is 7.29. The summed E-state index contributed by atoms with van der Waals surface area (Å²) >= 11 is 4.66. The summed E-state index contributed by atoms with van der Waals surface area (Å²) in [7, 11) is 0. The number of nitrogens with two attached hydrogens (primary N) is 2. The first-order valence-electron chi connectivity index (χ1n) is 8.04. The van der Waals surface area contributed by atoms with Crippen LogP contribution in [0.15, 0.2) is 36.4 Å². The Kier molecular flexibility index (Phi) is 12.4. The molecule has 0 radical (unpaired) electrons. The summed E-state index contributed by atoms with van der Waals surface area (Å²) in [4.78, 5) is 19.5. The number of anilines is 2. The van der Waals surface area contributed by atoms with Crippen molar-refractivity contribution in [2.45, 2.75) is 18.8 Å². The normalized spacial score (nSPS) is 10.8. The summed E-state index contributed by atoms with van der Waals surface area (Å²) in [5, 5.41) is 8.42. The van der Waals surface area contributed by atoms with Crippen LogP contribution < -0.4 is 11.5 Å². The minimum Gasteiger partial charge on any atom is -0.481 e. The number of benzene rings is 2. The standard InChI is InChI=1S/C9H8F3NO2.C7H5F3IN.C2H3BrO2/c10-9(11,12)6-3-5(4-8(14)15)1-2-7(6)13;8-7(9,10)5-3-4(11)1-2-6(5)12;3-1-5-2-4/h1-3H,4,13H2,(H,14,15);1-3H,12H2;2H,1H2. The molecule has 2 aromatic carbocycles. The molecule has 0 saturated heterocycles. The molecule has 2 rings (SSSR count). The van der Waals surface area contributed by atoms with Crippen molar-refractivity contribution in [1.29, 1.82) is 0 Å². The van der Waals surface area contributed by atoms with Crippen LogP contribution in [-0.4, -0.2) is 23.1 Å². The van der Waals surface area contributed by atoms with Gasteiger partial charge in [0.25, 0.3) is 6.47 Å². The number of carboxylic acid groups (broad SMARTS) is 1. The highest BCUT2D eigenvalue weighted by Gasteiger charge is 2.33. The van der Waals surface area contributed by atoms with Gasteiger partial charge >= 0.3 is 18.3 Å². The lowest BCUT2D eigenvalue weighted by molar-refractivity contribution is -0.138. The van der Waals surface area contributed by atoms with E-state index in [1.807, 2.05) is 0 Å². The Morgan fingerprint density at radius 3 is 1.81 bits per heavy atom. The number of alkyl halides is 7. The van der Waals surface area contributed by atoms with Gasteiger partial charge in [-0.15, -0.1) is 0 Å². The Labute approximate surface area is 200 Å². The lowest BCUT2D eigenvalue weighted by Crippen LogP contribution is -2.10. The van der Waals surface area contributed by atoms with Gasteiger partial charge < -0.3 is 21.3 Å². The molecule has 0 spiro atoms. The monoisotopic (exact) mass is 644 g/mol. The van der Waals surface area contributed by atoms with E-state index >= 15 is 0 Å². The first-order chi connectivity index (χ1) is 14.6. The zero-order valence-corrected chi connectivity index (χ0v) is 19.5. The lowest BCUT2D eigenvalue weighted by atomic mass is 10.1. The summed E-state index contributed by atoms with van der Waals surface area (Å²) in [6.07, 6.45) is -9.37. The van der Waals surface area contributed by atoms with Crippen LogP contribution in [0.2, 0.25) is 0 Å². The van der Waals surface area contributed by atoms with Crippen LogP contribution in [0, 0.1) is 3.57 Å². The van der Waals surface area contributed by atoms with Crippen molar-refractivity contribution in [3.63, 3.8) is 0 Å². The highest BCUT2D eigenvalue weighted by atomic mass is 127. The number of carboxylic acids is 1. The summed E-state index contributed by atoms with van der Waals surface area (Å²) in [5.74, 6) is -1.19. The average Bonchev–Trinajstić information content (AvgIpc) is 2.65. The average molecular weight is 645 g/mol. The minimum absolute atomic E-state index is 0.0732. The van der Waals surface area contributed by atoms with Crippen LogP contribution in [0.1, 0.15) is 16.7 Å². The maximum atomic E-state index is 12.3. The van der Waals surface area contributed by atoms with E-state index in [0.29, 0.717) is 10.0 Å². The molecule has 0 bridgehead atoms. The molecule has 5 N–H and O–H groups in total. The van der Waals surface area contributed by atoms with E-state index in [1.54, 1.807) is 22.6 Å².